The van der Waals surface area contributed by atoms with Crippen LogP contribution in [-0.2, 0) is 6.54 Å². The molecule has 14 heavy (non-hydrogen) atoms. The molecule has 0 bridgehead atoms. The Morgan fingerprint density at radius 2 is 2.14 bits per heavy atom. The SMILES string of the molecule is Cc1nc2ccccc2n1CC(C)O. The van der Waals surface area contributed by atoms with Crippen LogP contribution in [0.2, 0.25) is 0 Å². The quantitative estimate of drug-likeness (QED) is 0.783. The lowest BCUT2D eigenvalue weighted by atomic mass is 10.3. The predicted octanol–water partition coefficient (Wildman–Crippen LogP) is 1.73. The van der Waals surface area contributed by atoms with Crippen molar-refractivity contribution in [3.05, 3.63) is 30.1 Å². The van der Waals surface area contributed by atoms with Gasteiger partial charge >= 0.3 is 0 Å². The third-order valence-corrected chi connectivity index (χ3v) is 2.29. The molecule has 0 fully saturated rings. The topological polar surface area (TPSA) is 38.0 Å². The number of aryl methyl sites for hydroxylation is 1. The maximum absolute atomic E-state index is 9.36. The predicted molar refractivity (Wildman–Crippen MR) is 56.2 cm³/mol. The van der Waals surface area contributed by atoms with E-state index in [1.54, 1.807) is 6.92 Å². The van der Waals surface area contributed by atoms with Crippen LogP contribution in [0.4, 0.5) is 0 Å². The molecule has 0 spiro atoms. The molecule has 3 nitrogen and oxygen atoms in total. The Bertz CT molecular complexity index is 445. The number of aromatic nitrogens is 2. The summed E-state index contributed by atoms with van der Waals surface area (Å²) in [5.74, 6) is 0.951. The molecule has 0 aliphatic carbocycles. The highest BCUT2D eigenvalue weighted by Crippen LogP contribution is 2.15. The Labute approximate surface area is 83.0 Å². The van der Waals surface area contributed by atoms with E-state index in [2.05, 4.69) is 4.98 Å². The minimum absolute atomic E-state index is 0.341. The number of hydrogen-bond acceptors (Lipinski definition) is 2. The first kappa shape index (κ1) is 9.21. The smallest absolute Gasteiger partial charge is 0.106 e. The molecule has 1 atom stereocenters. The Balaban J connectivity index is 2.56. The van der Waals surface area contributed by atoms with E-state index in [4.69, 9.17) is 0 Å². The molecule has 1 heterocycles. The standard InChI is InChI=1S/C11H14N2O/c1-8(14)7-13-9(2)12-10-5-3-4-6-11(10)13/h3-6,8,14H,7H2,1-2H3. The number of rotatable bonds is 2. The molecule has 2 rings (SSSR count). The number of para-hydroxylation sites is 2. The van der Waals surface area contributed by atoms with E-state index < -0.39 is 0 Å². The number of aliphatic hydroxyl groups excluding tert-OH is 1. The lowest BCUT2D eigenvalue weighted by Crippen LogP contribution is -2.12. The van der Waals surface area contributed by atoms with Crippen molar-refractivity contribution in [1.29, 1.82) is 0 Å². The summed E-state index contributed by atoms with van der Waals surface area (Å²) in [6, 6.07) is 7.97. The molecule has 0 amide bonds. The molecule has 0 aliphatic rings. The Kier molecular flexibility index (Phi) is 2.25. The van der Waals surface area contributed by atoms with Gasteiger partial charge in [0.25, 0.3) is 0 Å². The minimum Gasteiger partial charge on any atom is -0.392 e. The molecule has 0 radical (unpaired) electrons. The molecular weight excluding hydrogens is 176 g/mol. The van der Waals surface area contributed by atoms with Crippen LogP contribution in [-0.4, -0.2) is 20.8 Å². The summed E-state index contributed by atoms with van der Waals surface area (Å²) in [6.45, 7) is 4.35. The Morgan fingerprint density at radius 3 is 2.86 bits per heavy atom. The first-order valence-electron chi connectivity index (χ1n) is 4.78. The summed E-state index contributed by atoms with van der Waals surface area (Å²) < 4.78 is 2.04. The second-order valence-electron chi connectivity index (χ2n) is 3.61. The van der Waals surface area contributed by atoms with Gasteiger partial charge in [-0.05, 0) is 26.0 Å². The second-order valence-corrected chi connectivity index (χ2v) is 3.61. The molecule has 0 saturated heterocycles. The van der Waals surface area contributed by atoms with E-state index in [0.29, 0.717) is 6.54 Å². The summed E-state index contributed by atoms with van der Waals surface area (Å²) in [7, 11) is 0. The number of benzene rings is 1. The highest BCUT2D eigenvalue weighted by molar-refractivity contribution is 5.75. The van der Waals surface area contributed by atoms with Crippen molar-refractivity contribution in [3.63, 3.8) is 0 Å². The second kappa shape index (κ2) is 3.42. The lowest BCUT2D eigenvalue weighted by Gasteiger charge is -2.08. The van der Waals surface area contributed by atoms with Crippen molar-refractivity contribution in [3.8, 4) is 0 Å². The van der Waals surface area contributed by atoms with E-state index in [-0.39, 0.29) is 6.10 Å². The van der Waals surface area contributed by atoms with Gasteiger partial charge in [0.15, 0.2) is 0 Å². The first-order chi connectivity index (χ1) is 6.68. The van der Waals surface area contributed by atoms with Crippen LogP contribution in [0.5, 0.6) is 0 Å². The van der Waals surface area contributed by atoms with E-state index >= 15 is 0 Å². The Morgan fingerprint density at radius 1 is 1.43 bits per heavy atom. The molecule has 1 N–H and O–H groups in total. The fourth-order valence-corrected chi connectivity index (χ4v) is 1.69. The van der Waals surface area contributed by atoms with Gasteiger partial charge in [0, 0.05) is 0 Å². The maximum atomic E-state index is 9.36. The minimum atomic E-state index is -0.341. The molecule has 2 aromatic rings. The van der Waals surface area contributed by atoms with Gasteiger partial charge in [-0.25, -0.2) is 4.98 Å². The zero-order valence-corrected chi connectivity index (χ0v) is 8.44. The number of nitrogens with zero attached hydrogens (tertiary/aromatic N) is 2. The molecule has 1 unspecified atom stereocenters. The fraction of sp³-hybridized carbons (Fsp3) is 0.364. The van der Waals surface area contributed by atoms with Crippen LogP contribution in [0, 0.1) is 6.92 Å². The number of fused-ring (bicyclic) bond motifs is 1. The van der Waals surface area contributed by atoms with Crippen molar-refractivity contribution in [2.45, 2.75) is 26.5 Å². The summed E-state index contributed by atoms with van der Waals surface area (Å²) >= 11 is 0. The molecular formula is C11H14N2O. The van der Waals surface area contributed by atoms with Gasteiger partial charge in [0.05, 0.1) is 23.7 Å². The van der Waals surface area contributed by atoms with Crippen LogP contribution in [0.15, 0.2) is 24.3 Å². The number of imidazole rings is 1. The number of aliphatic hydroxyl groups is 1. The summed E-state index contributed by atoms with van der Waals surface area (Å²) in [5.41, 5.74) is 2.08. The van der Waals surface area contributed by atoms with Crippen molar-refractivity contribution in [1.82, 2.24) is 9.55 Å². The molecule has 3 heteroatoms. The average molecular weight is 190 g/mol. The highest BCUT2D eigenvalue weighted by atomic mass is 16.3. The van der Waals surface area contributed by atoms with Crippen molar-refractivity contribution >= 4 is 11.0 Å². The van der Waals surface area contributed by atoms with Crippen molar-refractivity contribution in [2.75, 3.05) is 0 Å². The largest absolute Gasteiger partial charge is 0.392 e. The fourth-order valence-electron chi connectivity index (χ4n) is 1.69. The van der Waals surface area contributed by atoms with Crippen LogP contribution in [0.25, 0.3) is 11.0 Å². The molecule has 74 valence electrons. The van der Waals surface area contributed by atoms with Gasteiger partial charge < -0.3 is 9.67 Å². The van der Waals surface area contributed by atoms with Crippen LogP contribution in [0.1, 0.15) is 12.7 Å². The highest BCUT2D eigenvalue weighted by Gasteiger charge is 2.07. The lowest BCUT2D eigenvalue weighted by molar-refractivity contribution is 0.174. The van der Waals surface area contributed by atoms with Gasteiger partial charge in [-0.3, -0.25) is 0 Å². The first-order valence-corrected chi connectivity index (χ1v) is 4.78. The summed E-state index contributed by atoms with van der Waals surface area (Å²) in [5, 5.41) is 9.36. The van der Waals surface area contributed by atoms with Crippen LogP contribution < -0.4 is 0 Å². The van der Waals surface area contributed by atoms with Crippen molar-refractivity contribution < 1.29 is 5.11 Å². The van der Waals surface area contributed by atoms with E-state index in [1.165, 1.54) is 0 Å². The van der Waals surface area contributed by atoms with Gasteiger partial charge in [-0.15, -0.1) is 0 Å². The maximum Gasteiger partial charge on any atom is 0.106 e. The number of hydrogen-bond donors (Lipinski definition) is 1. The zero-order valence-electron chi connectivity index (χ0n) is 8.44. The summed E-state index contributed by atoms with van der Waals surface area (Å²) in [6.07, 6.45) is -0.341. The normalized spacial score (nSPS) is 13.4. The van der Waals surface area contributed by atoms with Crippen LogP contribution >= 0.6 is 0 Å². The van der Waals surface area contributed by atoms with Gasteiger partial charge in [0.1, 0.15) is 5.82 Å². The van der Waals surface area contributed by atoms with Gasteiger partial charge in [-0.1, -0.05) is 12.1 Å². The average Bonchev–Trinajstić information content (AvgIpc) is 2.43. The molecule has 0 saturated carbocycles. The molecule has 0 aliphatic heterocycles. The van der Waals surface area contributed by atoms with Crippen LogP contribution in [0.3, 0.4) is 0 Å². The van der Waals surface area contributed by atoms with E-state index in [0.717, 1.165) is 16.9 Å². The Hall–Kier alpha value is -1.35. The summed E-state index contributed by atoms with van der Waals surface area (Å²) in [4.78, 5) is 4.42. The monoisotopic (exact) mass is 190 g/mol. The van der Waals surface area contributed by atoms with Crippen molar-refractivity contribution in [2.24, 2.45) is 0 Å². The van der Waals surface area contributed by atoms with Gasteiger partial charge in [0.2, 0.25) is 0 Å². The third-order valence-electron chi connectivity index (χ3n) is 2.29. The third kappa shape index (κ3) is 1.51. The van der Waals surface area contributed by atoms with Gasteiger partial charge in [-0.2, -0.15) is 0 Å². The van der Waals surface area contributed by atoms with E-state index in [1.807, 2.05) is 35.8 Å². The molecule has 1 aromatic carbocycles. The molecule has 1 aromatic heterocycles. The van der Waals surface area contributed by atoms with E-state index in [9.17, 15) is 5.11 Å². The zero-order chi connectivity index (χ0) is 10.1.